The maximum absolute atomic E-state index is 11.3. The van der Waals surface area contributed by atoms with Crippen LogP contribution in [0, 0.1) is 0 Å². The molecule has 1 aromatic rings. The van der Waals surface area contributed by atoms with Gasteiger partial charge in [0.1, 0.15) is 6.61 Å². The van der Waals surface area contributed by atoms with Gasteiger partial charge in [-0.25, -0.2) is 4.79 Å². The molecule has 0 radical (unpaired) electrons. The van der Waals surface area contributed by atoms with Crippen molar-refractivity contribution < 1.29 is 14.3 Å². The predicted molar refractivity (Wildman–Crippen MR) is 68.0 cm³/mol. The van der Waals surface area contributed by atoms with Gasteiger partial charge in [0.2, 0.25) is 0 Å². The maximum Gasteiger partial charge on any atom is 0.411 e. The number of para-hydroxylation sites is 1. The highest BCUT2D eigenvalue weighted by Gasteiger charge is 2.05. The Labute approximate surface area is 110 Å². The van der Waals surface area contributed by atoms with Crippen molar-refractivity contribution in [2.45, 2.75) is 0 Å². The first-order chi connectivity index (χ1) is 8.24. The molecule has 0 spiro atoms. The van der Waals surface area contributed by atoms with Gasteiger partial charge in [0.15, 0.2) is 0 Å². The molecule has 0 saturated carbocycles. The third-order valence-electron chi connectivity index (χ3n) is 1.79. The summed E-state index contributed by atoms with van der Waals surface area (Å²) in [6.07, 6.45) is -0.562. The lowest BCUT2D eigenvalue weighted by atomic mass is 10.3. The van der Waals surface area contributed by atoms with Crippen LogP contribution in [0.4, 0.5) is 10.5 Å². The second kappa shape index (κ2) is 8.17. The summed E-state index contributed by atoms with van der Waals surface area (Å²) >= 11 is 11.3. The Kier molecular flexibility index (Phi) is 6.77. The molecule has 0 aromatic heterocycles. The second-order valence-corrected chi connectivity index (χ2v) is 3.83. The highest BCUT2D eigenvalue weighted by atomic mass is 35.5. The van der Waals surface area contributed by atoms with E-state index in [1.807, 2.05) is 0 Å². The van der Waals surface area contributed by atoms with Gasteiger partial charge in [-0.1, -0.05) is 23.7 Å². The second-order valence-electron chi connectivity index (χ2n) is 3.04. The first kappa shape index (κ1) is 14.1. The zero-order chi connectivity index (χ0) is 12.5. The van der Waals surface area contributed by atoms with Crippen LogP contribution < -0.4 is 5.32 Å². The van der Waals surface area contributed by atoms with Crippen LogP contribution in [0.15, 0.2) is 24.3 Å². The molecule has 0 aliphatic heterocycles. The van der Waals surface area contributed by atoms with Crippen LogP contribution in [-0.2, 0) is 9.47 Å². The summed E-state index contributed by atoms with van der Waals surface area (Å²) in [6, 6.07) is 6.91. The number of hydrogen-bond donors (Lipinski definition) is 1. The zero-order valence-electron chi connectivity index (χ0n) is 9.12. The van der Waals surface area contributed by atoms with Gasteiger partial charge in [-0.2, -0.15) is 0 Å². The molecule has 94 valence electrons. The molecule has 1 rings (SSSR count). The Bertz CT molecular complexity index is 360. The summed E-state index contributed by atoms with van der Waals surface area (Å²) in [6.45, 7) is 0.937. The topological polar surface area (TPSA) is 47.6 Å². The first-order valence-corrected chi connectivity index (χ1v) is 5.97. The van der Waals surface area contributed by atoms with E-state index >= 15 is 0 Å². The third kappa shape index (κ3) is 5.77. The molecule has 0 atom stereocenters. The number of benzene rings is 1. The number of nitrogens with one attached hydrogen (secondary N) is 1. The number of halogens is 2. The fraction of sp³-hybridized carbons (Fsp3) is 0.364. The van der Waals surface area contributed by atoms with Crippen molar-refractivity contribution >= 4 is 35.0 Å². The normalized spacial score (nSPS) is 10.0. The lowest BCUT2D eigenvalue weighted by Crippen LogP contribution is -2.17. The Morgan fingerprint density at radius 2 is 2.00 bits per heavy atom. The van der Waals surface area contributed by atoms with E-state index in [0.717, 1.165) is 0 Å². The Morgan fingerprint density at radius 1 is 1.24 bits per heavy atom. The summed E-state index contributed by atoms with van der Waals surface area (Å²) < 4.78 is 9.91. The average molecular weight is 278 g/mol. The van der Waals surface area contributed by atoms with Gasteiger partial charge in [-0.15, -0.1) is 11.6 Å². The van der Waals surface area contributed by atoms with Crippen LogP contribution in [0.5, 0.6) is 0 Å². The van der Waals surface area contributed by atoms with Crippen LogP contribution >= 0.6 is 23.2 Å². The smallest absolute Gasteiger partial charge is 0.411 e. The molecular formula is C11H13Cl2NO3. The van der Waals surface area contributed by atoms with E-state index < -0.39 is 6.09 Å². The zero-order valence-corrected chi connectivity index (χ0v) is 10.6. The molecule has 1 aromatic carbocycles. The van der Waals surface area contributed by atoms with Crippen molar-refractivity contribution in [2.75, 3.05) is 31.0 Å². The molecular weight excluding hydrogens is 265 g/mol. The molecule has 0 aliphatic carbocycles. The summed E-state index contributed by atoms with van der Waals surface area (Å²) in [7, 11) is 0. The number of alkyl halides is 1. The van der Waals surface area contributed by atoms with E-state index in [0.29, 0.717) is 29.8 Å². The summed E-state index contributed by atoms with van der Waals surface area (Å²) in [5.74, 6) is 0.422. The maximum atomic E-state index is 11.3. The van der Waals surface area contributed by atoms with Crippen LogP contribution in [0.1, 0.15) is 0 Å². The number of carbonyl (C=O) groups is 1. The lowest BCUT2D eigenvalue weighted by molar-refractivity contribution is 0.0859. The predicted octanol–water partition coefficient (Wildman–Crippen LogP) is 3.14. The number of amides is 1. The minimum absolute atomic E-state index is 0.174. The standard InChI is InChI=1S/C11H13Cl2NO3/c12-5-6-16-7-8-17-11(15)14-10-4-2-1-3-9(10)13/h1-4H,5-8H2,(H,14,15). The summed E-state index contributed by atoms with van der Waals surface area (Å²) in [5.41, 5.74) is 0.515. The molecule has 6 heteroatoms. The molecule has 0 saturated heterocycles. The van der Waals surface area contributed by atoms with Crippen molar-refractivity contribution in [3.63, 3.8) is 0 Å². The first-order valence-electron chi connectivity index (χ1n) is 5.06. The molecule has 1 amide bonds. The van der Waals surface area contributed by atoms with E-state index in [-0.39, 0.29) is 6.61 Å². The fourth-order valence-corrected chi connectivity index (χ4v) is 1.35. The van der Waals surface area contributed by atoms with Crippen LogP contribution in [0.25, 0.3) is 0 Å². The molecule has 0 heterocycles. The third-order valence-corrected chi connectivity index (χ3v) is 2.28. The van der Waals surface area contributed by atoms with Gasteiger partial charge in [-0.05, 0) is 12.1 Å². The van der Waals surface area contributed by atoms with Gasteiger partial charge in [0.05, 0.1) is 23.9 Å². The number of hydrogen-bond acceptors (Lipinski definition) is 3. The minimum atomic E-state index is -0.562. The van der Waals surface area contributed by atoms with Gasteiger partial charge in [0, 0.05) is 5.88 Å². The van der Waals surface area contributed by atoms with E-state index in [2.05, 4.69) is 5.32 Å². The minimum Gasteiger partial charge on any atom is -0.447 e. The average Bonchev–Trinajstić information content (AvgIpc) is 2.32. The molecule has 17 heavy (non-hydrogen) atoms. The number of rotatable bonds is 6. The van der Waals surface area contributed by atoms with E-state index in [4.69, 9.17) is 32.7 Å². The summed E-state index contributed by atoms with van der Waals surface area (Å²) in [5, 5.41) is 2.99. The van der Waals surface area contributed by atoms with E-state index in [9.17, 15) is 4.79 Å². The number of ether oxygens (including phenoxy) is 2. The Balaban J connectivity index is 2.23. The van der Waals surface area contributed by atoms with Gasteiger partial charge in [-0.3, -0.25) is 5.32 Å². The SMILES string of the molecule is O=C(Nc1ccccc1Cl)OCCOCCCl. The molecule has 0 unspecified atom stereocenters. The highest BCUT2D eigenvalue weighted by molar-refractivity contribution is 6.33. The fourth-order valence-electron chi connectivity index (χ4n) is 1.06. The van der Waals surface area contributed by atoms with Crippen molar-refractivity contribution in [2.24, 2.45) is 0 Å². The van der Waals surface area contributed by atoms with Crippen molar-refractivity contribution in [1.82, 2.24) is 0 Å². The monoisotopic (exact) mass is 277 g/mol. The number of anilines is 1. The number of carbonyl (C=O) groups excluding carboxylic acids is 1. The van der Waals surface area contributed by atoms with Crippen LogP contribution in [-0.4, -0.2) is 31.8 Å². The van der Waals surface area contributed by atoms with Crippen LogP contribution in [0.3, 0.4) is 0 Å². The molecule has 0 fully saturated rings. The van der Waals surface area contributed by atoms with E-state index in [1.54, 1.807) is 24.3 Å². The van der Waals surface area contributed by atoms with Crippen molar-refractivity contribution in [3.8, 4) is 0 Å². The summed E-state index contributed by atoms with van der Waals surface area (Å²) in [4.78, 5) is 11.3. The quantitative estimate of drug-likeness (QED) is 0.642. The van der Waals surface area contributed by atoms with Gasteiger partial charge >= 0.3 is 6.09 Å². The molecule has 4 nitrogen and oxygen atoms in total. The van der Waals surface area contributed by atoms with Gasteiger partial charge in [0.25, 0.3) is 0 Å². The Morgan fingerprint density at radius 3 is 2.71 bits per heavy atom. The highest BCUT2D eigenvalue weighted by Crippen LogP contribution is 2.20. The van der Waals surface area contributed by atoms with Crippen molar-refractivity contribution in [1.29, 1.82) is 0 Å². The molecule has 0 bridgehead atoms. The van der Waals surface area contributed by atoms with Gasteiger partial charge < -0.3 is 9.47 Å². The van der Waals surface area contributed by atoms with Crippen molar-refractivity contribution in [3.05, 3.63) is 29.3 Å². The van der Waals surface area contributed by atoms with Crippen LogP contribution in [0.2, 0.25) is 5.02 Å². The lowest BCUT2D eigenvalue weighted by Gasteiger charge is -2.08. The largest absolute Gasteiger partial charge is 0.447 e. The van der Waals surface area contributed by atoms with E-state index in [1.165, 1.54) is 0 Å². The molecule has 1 N–H and O–H groups in total. The Hall–Kier alpha value is -0.970. The molecule has 0 aliphatic rings.